The average molecular weight is 417 g/mol. The number of nitrogens with zero attached hydrogens (tertiary/aromatic N) is 2. The van der Waals surface area contributed by atoms with E-state index in [0.717, 1.165) is 11.1 Å². The van der Waals surface area contributed by atoms with Gasteiger partial charge >= 0.3 is 6.18 Å². The molecule has 0 spiro atoms. The van der Waals surface area contributed by atoms with E-state index in [-0.39, 0.29) is 17.9 Å². The summed E-state index contributed by atoms with van der Waals surface area (Å²) < 4.78 is 45.8. The highest BCUT2D eigenvalue weighted by Crippen LogP contribution is 2.43. The van der Waals surface area contributed by atoms with E-state index in [0.29, 0.717) is 47.9 Å². The molecule has 0 fully saturated rings. The molecular formula is C22H22F3N3O2. The van der Waals surface area contributed by atoms with Crippen molar-refractivity contribution in [3.05, 3.63) is 57.9 Å². The lowest BCUT2D eigenvalue weighted by Gasteiger charge is -2.17. The number of nitrogens with one attached hydrogen (secondary N) is 1. The number of alkyl halides is 3. The van der Waals surface area contributed by atoms with Crippen LogP contribution in [-0.4, -0.2) is 42.7 Å². The van der Waals surface area contributed by atoms with Crippen molar-refractivity contribution >= 4 is 17.2 Å². The van der Waals surface area contributed by atoms with Gasteiger partial charge in [0.25, 0.3) is 5.91 Å². The van der Waals surface area contributed by atoms with Gasteiger partial charge in [0.1, 0.15) is 5.75 Å². The van der Waals surface area contributed by atoms with Gasteiger partial charge in [0.15, 0.2) is 0 Å². The molecule has 158 valence electrons. The maximum Gasteiger partial charge on any atom is 0.416 e. The van der Waals surface area contributed by atoms with Crippen molar-refractivity contribution in [3.8, 4) is 5.75 Å². The molecule has 0 radical (unpaired) electrons. The third-order valence-electron chi connectivity index (χ3n) is 5.45. The highest BCUT2D eigenvalue weighted by atomic mass is 19.4. The predicted octanol–water partition coefficient (Wildman–Crippen LogP) is 4.20. The summed E-state index contributed by atoms with van der Waals surface area (Å²) in [6, 6.07) is 5.32. The second-order valence-corrected chi connectivity index (χ2v) is 7.49. The fourth-order valence-electron chi connectivity index (χ4n) is 4.14. The Morgan fingerprint density at radius 1 is 1.27 bits per heavy atom. The van der Waals surface area contributed by atoms with Crippen LogP contribution in [0, 0.1) is 0 Å². The number of hydrogen-bond acceptors (Lipinski definition) is 4. The number of anilines is 1. The minimum atomic E-state index is -4.42. The van der Waals surface area contributed by atoms with E-state index >= 15 is 0 Å². The second kappa shape index (κ2) is 7.34. The first kappa shape index (κ1) is 20.3. The van der Waals surface area contributed by atoms with Crippen LogP contribution in [0.5, 0.6) is 5.75 Å². The molecule has 0 unspecified atom stereocenters. The SMILES string of the molecule is CCNc1cc(Cc2cc3c(cc2OC)CN(C)C3=O)nc2c1C(C(F)(F)F)=CC2. The van der Waals surface area contributed by atoms with E-state index in [2.05, 4.69) is 10.3 Å². The monoisotopic (exact) mass is 417 g/mol. The quantitative estimate of drug-likeness (QED) is 0.792. The van der Waals surface area contributed by atoms with Crippen LogP contribution in [0.2, 0.25) is 0 Å². The molecule has 0 atom stereocenters. The van der Waals surface area contributed by atoms with Crippen LogP contribution >= 0.6 is 0 Å². The third-order valence-corrected chi connectivity index (χ3v) is 5.45. The molecule has 1 aromatic heterocycles. The van der Waals surface area contributed by atoms with Crippen LogP contribution in [0.4, 0.5) is 18.9 Å². The molecule has 1 aliphatic carbocycles. The number of methoxy groups -OCH3 is 1. The zero-order valence-electron chi connectivity index (χ0n) is 17.0. The molecule has 1 aromatic carbocycles. The van der Waals surface area contributed by atoms with Gasteiger partial charge in [0.05, 0.1) is 18.4 Å². The Morgan fingerprint density at radius 3 is 2.70 bits per heavy atom. The first-order valence-corrected chi connectivity index (χ1v) is 9.72. The van der Waals surface area contributed by atoms with Crippen molar-refractivity contribution in [3.63, 3.8) is 0 Å². The number of benzene rings is 1. The van der Waals surface area contributed by atoms with E-state index in [9.17, 15) is 18.0 Å². The van der Waals surface area contributed by atoms with Gasteiger partial charge in [0.2, 0.25) is 0 Å². The first-order chi connectivity index (χ1) is 14.2. The van der Waals surface area contributed by atoms with E-state index in [1.807, 2.05) is 13.0 Å². The molecule has 0 saturated heterocycles. The molecule has 1 amide bonds. The molecule has 0 saturated carbocycles. The molecule has 2 heterocycles. The second-order valence-electron chi connectivity index (χ2n) is 7.49. The Labute approximate surface area is 172 Å². The zero-order valence-corrected chi connectivity index (χ0v) is 17.0. The third kappa shape index (κ3) is 3.40. The van der Waals surface area contributed by atoms with Crippen molar-refractivity contribution in [2.75, 3.05) is 26.0 Å². The minimum absolute atomic E-state index is 0.0526. The summed E-state index contributed by atoms with van der Waals surface area (Å²) in [5.74, 6) is 0.585. The molecular weight excluding hydrogens is 395 g/mol. The summed E-state index contributed by atoms with van der Waals surface area (Å²) in [5.41, 5.74) is 3.25. The van der Waals surface area contributed by atoms with Crippen molar-refractivity contribution in [2.24, 2.45) is 0 Å². The minimum Gasteiger partial charge on any atom is -0.496 e. The number of halogens is 3. The molecule has 5 nitrogen and oxygen atoms in total. The number of allylic oxidation sites excluding steroid dienone is 2. The predicted molar refractivity (Wildman–Crippen MR) is 108 cm³/mol. The lowest BCUT2D eigenvalue weighted by molar-refractivity contribution is -0.0687. The summed E-state index contributed by atoms with van der Waals surface area (Å²) in [5, 5.41) is 3.05. The van der Waals surface area contributed by atoms with Gasteiger partial charge in [-0.1, -0.05) is 6.08 Å². The van der Waals surface area contributed by atoms with E-state index in [1.165, 1.54) is 6.08 Å². The number of aromatic nitrogens is 1. The maximum atomic E-state index is 13.4. The Bertz CT molecular complexity index is 1060. The number of pyridine rings is 1. The number of fused-ring (bicyclic) bond motifs is 2. The average Bonchev–Trinajstić information content (AvgIpc) is 3.23. The number of ether oxygens (including phenoxy) is 1. The van der Waals surface area contributed by atoms with Crippen LogP contribution in [0.1, 0.15) is 45.4 Å². The number of carbonyl (C=O) groups excluding carboxylic acids is 1. The fourth-order valence-corrected chi connectivity index (χ4v) is 4.14. The fraction of sp³-hybridized carbons (Fsp3) is 0.364. The van der Waals surface area contributed by atoms with Crippen molar-refractivity contribution < 1.29 is 22.7 Å². The summed E-state index contributed by atoms with van der Waals surface area (Å²) in [4.78, 5) is 18.5. The Kier molecular flexibility index (Phi) is 4.95. The number of hydrogen-bond donors (Lipinski definition) is 1. The Hall–Kier alpha value is -3.03. The highest BCUT2D eigenvalue weighted by Gasteiger charge is 2.40. The molecule has 2 aromatic rings. The van der Waals surface area contributed by atoms with Gasteiger partial charge in [-0.15, -0.1) is 0 Å². The summed E-state index contributed by atoms with van der Waals surface area (Å²) in [6.07, 6.45) is -2.75. The summed E-state index contributed by atoms with van der Waals surface area (Å²) in [7, 11) is 3.30. The number of carbonyl (C=O) groups is 1. The number of amides is 1. The lowest BCUT2D eigenvalue weighted by Crippen LogP contribution is -2.17. The summed E-state index contributed by atoms with van der Waals surface area (Å²) >= 11 is 0. The van der Waals surface area contributed by atoms with E-state index in [4.69, 9.17) is 4.74 Å². The van der Waals surface area contributed by atoms with Crippen LogP contribution in [0.25, 0.3) is 5.57 Å². The van der Waals surface area contributed by atoms with Gasteiger partial charge < -0.3 is 15.0 Å². The highest BCUT2D eigenvalue weighted by molar-refractivity contribution is 5.98. The van der Waals surface area contributed by atoms with Crippen molar-refractivity contribution in [1.82, 2.24) is 9.88 Å². The molecule has 1 N–H and O–H groups in total. The molecule has 2 aliphatic rings. The lowest BCUT2D eigenvalue weighted by atomic mass is 9.99. The largest absolute Gasteiger partial charge is 0.496 e. The smallest absolute Gasteiger partial charge is 0.416 e. The molecule has 8 heteroatoms. The van der Waals surface area contributed by atoms with Crippen LogP contribution in [0.3, 0.4) is 0 Å². The van der Waals surface area contributed by atoms with Crippen LogP contribution in [0.15, 0.2) is 24.3 Å². The molecule has 1 aliphatic heterocycles. The summed E-state index contributed by atoms with van der Waals surface area (Å²) in [6.45, 7) is 2.85. The van der Waals surface area contributed by atoms with Gasteiger partial charge in [0, 0.05) is 61.1 Å². The topological polar surface area (TPSA) is 54.5 Å². The molecule has 4 rings (SSSR count). The van der Waals surface area contributed by atoms with E-state index < -0.39 is 11.7 Å². The van der Waals surface area contributed by atoms with Gasteiger partial charge in [-0.25, -0.2) is 0 Å². The Morgan fingerprint density at radius 2 is 2.03 bits per heavy atom. The molecule has 0 bridgehead atoms. The standard InChI is InChI=1S/C22H22F3N3O2/c1-4-26-18-10-14(27-17-6-5-16(20(17)18)22(23,24)25)7-12-8-15-13(9-19(12)30-3)11-28(2)21(15)29/h5,8-10H,4,6-7,11H2,1-3H3,(H,26,27). The zero-order chi connectivity index (χ0) is 21.6. The van der Waals surface area contributed by atoms with Gasteiger partial charge in [-0.05, 0) is 30.7 Å². The Balaban J connectivity index is 1.74. The first-order valence-electron chi connectivity index (χ1n) is 9.72. The van der Waals surface area contributed by atoms with Crippen LogP contribution < -0.4 is 10.1 Å². The van der Waals surface area contributed by atoms with E-state index in [1.54, 1.807) is 31.2 Å². The van der Waals surface area contributed by atoms with Crippen molar-refractivity contribution in [1.29, 1.82) is 0 Å². The normalized spacial score (nSPS) is 15.2. The van der Waals surface area contributed by atoms with Crippen molar-refractivity contribution in [2.45, 2.75) is 32.5 Å². The van der Waals surface area contributed by atoms with Crippen LogP contribution in [-0.2, 0) is 19.4 Å². The van der Waals surface area contributed by atoms with Gasteiger partial charge in [-0.2, -0.15) is 13.2 Å². The van der Waals surface area contributed by atoms with Gasteiger partial charge in [-0.3, -0.25) is 9.78 Å². The maximum absolute atomic E-state index is 13.4. The number of rotatable bonds is 5. The molecule has 30 heavy (non-hydrogen) atoms.